The molecule has 1 aromatic heterocycles. The number of likely N-dealkylation sites (N-methyl/N-ethyl adjacent to an activating group) is 1. The van der Waals surface area contributed by atoms with Gasteiger partial charge in [0, 0.05) is 37.3 Å². The lowest BCUT2D eigenvalue weighted by atomic mass is 10.0. The highest BCUT2D eigenvalue weighted by molar-refractivity contribution is 7.92. The van der Waals surface area contributed by atoms with Crippen LogP contribution in [0.25, 0.3) is 10.9 Å². The Labute approximate surface area is 230 Å². The van der Waals surface area contributed by atoms with Gasteiger partial charge in [-0.2, -0.15) is 0 Å². The number of sulfonamides is 1. The van der Waals surface area contributed by atoms with Crippen molar-refractivity contribution in [2.75, 3.05) is 42.8 Å². The van der Waals surface area contributed by atoms with Crippen molar-refractivity contribution in [2.45, 2.75) is 24.7 Å². The Morgan fingerprint density at radius 3 is 2.14 bits per heavy atom. The van der Waals surface area contributed by atoms with Crippen LogP contribution in [0.4, 0.5) is 11.5 Å². The summed E-state index contributed by atoms with van der Waals surface area (Å²) in [5.41, 5.74) is 1.93. The first-order valence-corrected chi connectivity index (χ1v) is 12.4. The number of carboxylic acids is 1. The van der Waals surface area contributed by atoms with Crippen LogP contribution in [0, 0.1) is 0 Å². The van der Waals surface area contributed by atoms with Gasteiger partial charge < -0.3 is 14.9 Å². The van der Waals surface area contributed by atoms with Crippen molar-refractivity contribution in [2.24, 2.45) is 0 Å². The number of anilines is 2. The molecule has 0 spiro atoms. The average molecular weight is 578 g/mol. The van der Waals surface area contributed by atoms with E-state index in [1.807, 2.05) is 13.8 Å². The van der Waals surface area contributed by atoms with E-state index in [2.05, 4.69) is 26.6 Å². The third-order valence-electron chi connectivity index (χ3n) is 5.96. The minimum atomic E-state index is -3.82. The highest BCUT2D eigenvalue weighted by atomic mass is 35.5. The molecule has 198 valence electrons. The number of benzene rings is 2. The number of aromatic nitrogens is 1. The van der Waals surface area contributed by atoms with E-state index in [9.17, 15) is 18.3 Å². The number of piperazine rings is 1. The van der Waals surface area contributed by atoms with E-state index in [1.165, 1.54) is 6.07 Å². The minimum Gasteiger partial charge on any atom is -0.478 e. The van der Waals surface area contributed by atoms with Gasteiger partial charge in [0.2, 0.25) is 0 Å². The third kappa shape index (κ3) is 6.92. The predicted octanol–water partition coefficient (Wildman–Crippen LogP) is 4.87. The number of carbonyl (C=O) groups is 1. The van der Waals surface area contributed by atoms with Crippen LogP contribution in [-0.2, 0) is 10.0 Å². The van der Waals surface area contributed by atoms with Crippen molar-refractivity contribution in [1.82, 2.24) is 9.88 Å². The van der Waals surface area contributed by atoms with Crippen LogP contribution in [0.2, 0.25) is 0 Å². The highest BCUT2D eigenvalue weighted by Crippen LogP contribution is 2.28. The number of nitrogens with zero attached hydrogens (tertiary/aromatic N) is 3. The Morgan fingerprint density at radius 1 is 0.972 bits per heavy atom. The van der Waals surface area contributed by atoms with Gasteiger partial charge in [-0.25, -0.2) is 18.2 Å². The summed E-state index contributed by atoms with van der Waals surface area (Å²) in [5.74, 6) is -0.165. The van der Waals surface area contributed by atoms with E-state index in [0.29, 0.717) is 22.6 Å². The molecular formula is C24H31Cl3N4O4S. The van der Waals surface area contributed by atoms with Gasteiger partial charge in [0.25, 0.3) is 10.0 Å². The molecule has 2 heterocycles. The van der Waals surface area contributed by atoms with Crippen LogP contribution < -0.4 is 9.62 Å². The Hall–Kier alpha value is -2.30. The molecular weight excluding hydrogens is 547 g/mol. The zero-order chi connectivity index (χ0) is 23.8. The molecule has 1 saturated heterocycles. The van der Waals surface area contributed by atoms with Gasteiger partial charge >= 0.3 is 5.97 Å². The van der Waals surface area contributed by atoms with Gasteiger partial charge in [-0.1, -0.05) is 26.0 Å². The molecule has 0 saturated carbocycles. The van der Waals surface area contributed by atoms with Crippen molar-refractivity contribution in [3.8, 4) is 0 Å². The van der Waals surface area contributed by atoms with Crippen molar-refractivity contribution in [3.05, 3.63) is 59.7 Å². The molecule has 36 heavy (non-hydrogen) atoms. The Kier molecular flexibility index (Phi) is 11.3. The molecule has 0 aliphatic carbocycles. The molecule has 12 heteroatoms. The van der Waals surface area contributed by atoms with Crippen LogP contribution in [0.5, 0.6) is 0 Å². The summed E-state index contributed by atoms with van der Waals surface area (Å²) in [6, 6.07) is 13.1. The van der Waals surface area contributed by atoms with Gasteiger partial charge in [-0.3, -0.25) is 4.72 Å². The van der Waals surface area contributed by atoms with E-state index in [1.54, 1.807) is 42.5 Å². The Bertz CT molecular complexity index is 1300. The summed E-state index contributed by atoms with van der Waals surface area (Å²) >= 11 is 0. The van der Waals surface area contributed by atoms with Crippen molar-refractivity contribution in [1.29, 1.82) is 0 Å². The molecule has 1 fully saturated rings. The molecule has 0 atom stereocenters. The SMILES string of the molecule is CC(C)c1ccc(S(=O)(=O)Nc2ccc3nc(N4CCN(C)CC4)cc(C(=O)O)c3c2)cc1.Cl.Cl.Cl. The van der Waals surface area contributed by atoms with Gasteiger partial charge in [0.15, 0.2) is 0 Å². The maximum Gasteiger partial charge on any atom is 0.336 e. The lowest BCUT2D eigenvalue weighted by molar-refractivity contribution is 0.0699. The lowest BCUT2D eigenvalue weighted by Crippen LogP contribution is -2.44. The van der Waals surface area contributed by atoms with E-state index in [0.717, 1.165) is 31.7 Å². The van der Waals surface area contributed by atoms with E-state index >= 15 is 0 Å². The molecule has 1 aliphatic rings. The zero-order valence-electron chi connectivity index (χ0n) is 20.2. The highest BCUT2D eigenvalue weighted by Gasteiger charge is 2.20. The van der Waals surface area contributed by atoms with Crippen LogP contribution >= 0.6 is 37.2 Å². The summed E-state index contributed by atoms with van der Waals surface area (Å²) in [6.07, 6.45) is 0. The zero-order valence-corrected chi connectivity index (χ0v) is 23.4. The standard InChI is InChI=1S/C24H28N4O4S.3ClH/c1-16(2)17-4-7-19(8-5-17)33(31,32)26-18-6-9-22-20(14-18)21(24(29)30)15-23(25-22)28-12-10-27(3)11-13-28;;;/h4-9,14-16,26H,10-13H2,1-3H3,(H,29,30);3*1H. The number of hydrogen-bond donors (Lipinski definition) is 2. The fourth-order valence-electron chi connectivity index (χ4n) is 3.90. The number of pyridine rings is 1. The normalized spacial score (nSPS) is 13.9. The van der Waals surface area contributed by atoms with Gasteiger partial charge in [0.05, 0.1) is 16.0 Å². The predicted molar refractivity (Wildman–Crippen MR) is 151 cm³/mol. The molecule has 0 unspecified atom stereocenters. The molecule has 4 rings (SSSR count). The van der Waals surface area contributed by atoms with Crippen LogP contribution in [-0.4, -0.2) is 62.6 Å². The van der Waals surface area contributed by atoms with E-state index in [-0.39, 0.29) is 53.4 Å². The summed E-state index contributed by atoms with van der Waals surface area (Å²) in [4.78, 5) is 21.1. The number of aromatic carboxylic acids is 1. The largest absolute Gasteiger partial charge is 0.478 e. The molecule has 2 aromatic carbocycles. The maximum atomic E-state index is 12.9. The molecule has 3 aromatic rings. The number of carboxylic acid groups (broad SMARTS) is 1. The second-order valence-electron chi connectivity index (χ2n) is 8.68. The van der Waals surface area contributed by atoms with E-state index in [4.69, 9.17) is 0 Å². The smallest absolute Gasteiger partial charge is 0.336 e. The molecule has 2 N–H and O–H groups in total. The number of fused-ring (bicyclic) bond motifs is 1. The number of rotatable bonds is 6. The maximum absolute atomic E-state index is 12.9. The van der Waals surface area contributed by atoms with Gasteiger partial charge in [-0.05, 0) is 54.9 Å². The lowest BCUT2D eigenvalue weighted by Gasteiger charge is -2.33. The Morgan fingerprint density at radius 2 is 1.58 bits per heavy atom. The molecule has 0 bridgehead atoms. The first-order valence-electron chi connectivity index (χ1n) is 10.9. The fraction of sp³-hybridized carbons (Fsp3) is 0.333. The molecule has 8 nitrogen and oxygen atoms in total. The van der Waals surface area contributed by atoms with Crippen LogP contribution in [0.15, 0.2) is 53.4 Å². The van der Waals surface area contributed by atoms with E-state index < -0.39 is 16.0 Å². The van der Waals surface area contributed by atoms with Crippen molar-refractivity contribution in [3.63, 3.8) is 0 Å². The van der Waals surface area contributed by atoms with Crippen molar-refractivity contribution >= 4 is 75.6 Å². The monoisotopic (exact) mass is 576 g/mol. The minimum absolute atomic E-state index is 0. The van der Waals surface area contributed by atoms with Crippen molar-refractivity contribution < 1.29 is 18.3 Å². The summed E-state index contributed by atoms with van der Waals surface area (Å²) in [6.45, 7) is 7.37. The number of hydrogen-bond acceptors (Lipinski definition) is 6. The molecule has 0 amide bonds. The first-order chi connectivity index (χ1) is 15.6. The summed E-state index contributed by atoms with van der Waals surface area (Å²) < 4.78 is 28.3. The van der Waals surface area contributed by atoms with Gasteiger partial charge in [-0.15, -0.1) is 37.2 Å². The second kappa shape index (κ2) is 12.8. The second-order valence-corrected chi connectivity index (χ2v) is 10.4. The number of nitrogens with one attached hydrogen (secondary N) is 1. The summed E-state index contributed by atoms with van der Waals surface area (Å²) in [5, 5.41) is 10.2. The Balaban J connectivity index is 0.00000216. The number of halogens is 3. The average Bonchev–Trinajstić information content (AvgIpc) is 2.78. The topological polar surface area (TPSA) is 103 Å². The van der Waals surface area contributed by atoms with Crippen LogP contribution in [0.1, 0.15) is 35.7 Å². The third-order valence-corrected chi connectivity index (χ3v) is 7.36. The first kappa shape index (κ1) is 31.7. The van der Waals surface area contributed by atoms with Gasteiger partial charge in [0.1, 0.15) is 5.82 Å². The van der Waals surface area contributed by atoms with Crippen LogP contribution in [0.3, 0.4) is 0 Å². The molecule has 1 aliphatic heterocycles. The fourth-order valence-corrected chi connectivity index (χ4v) is 4.95. The summed E-state index contributed by atoms with van der Waals surface area (Å²) in [7, 11) is -1.77. The quantitative estimate of drug-likeness (QED) is 0.431. The molecule has 0 radical (unpaired) electrons.